The number of anilines is 1. The van der Waals surface area contributed by atoms with Crippen LogP contribution in [0.5, 0.6) is 0 Å². The van der Waals surface area contributed by atoms with Crippen molar-refractivity contribution in [2.45, 2.75) is 0 Å². The maximum Gasteiger partial charge on any atom is 0.394 e. The number of fused-ring (bicyclic) bond motifs is 1. The van der Waals surface area contributed by atoms with E-state index in [9.17, 15) is 9.59 Å². The number of aryl methyl sites for hydroxylation is 1. The minimum atomic E-state index is -1.51. The highest BCUT2D eigenvalue weighted by Gasteiger charge is 2.11. The maximum absolute atomic E-state index is 10.9. The maximum atomic E-state index is 10.9. The number of carboxylic acid groups (broad SMARTS) is 1. The van der Waals surface area contributed by atoms with Crippen molar-refractivity contribution < 1.29 is 14.7 Å². The van der Waals surface area contributed by atoms with E-state index >= 15 is 0 Å². The van der Waals surface area contributed by atoms with E-state index in [1.165, 1.54) is 0 Å². The lowest BCUT2D eigenvalue weighted by atomic mass is 10.2. The van der Waals surface area contributed by atoms with Gasteiger partial charge in [-0.15, -0.1) is 0 Å². The molecule has 1 amide bonds. The molecule has 0 spiro atoms. The summed E-state index contributed by atoms with van der Waals surface area (Å²) >= 11 is 0. The first-order chi connectivity index (χ1) is 7.58. The Morgan fingerprint density at radius 3 is 2.88 bits per heavy atom. The van der Waals surface area contributed by atoms with E-state index in [4.69, 9.17) is 5.11 Å². The molecule has 1 heterocycles. The van der Waals surface area contributed by atoms with Crippen LogP contribution in [0.15, 0.2) is 24.5 Å². The molecular formula is C10H9N3O3. The number of hydrogen-bond acceptors (Lipinski definition) is 3. The molecule has 0 atom stereocenters. The van der Waals surface area contributed by atoms with E-state index in [1.54, 1.807) is 24.5 Å². The van der Waals surface area contributed by atoms with Crippen LogP contribution in [-0.4, -0.2) is 26.5 Å². The Bertz CT molecular complexity index is 574. The van der Waals surface area contributed by atoms with Crippen molar-refractivity contribution in [3.05, 3.63) is 24.5 Å². The molecule has 0 fully saturated rings. The van der Waals surface area contributed by atoms with E-state index in [2.05, 4.69) is 10.3 Å². The Morgan fingerprint density at radius 1 is 1.44 bits per heavy atom. The molecule has 2 N–H and O–H groups in total. The number of carboxylic acids is 1. The molecule has 6 heteroatoms. The summed E-state index contributed by atoms with van der Waals surface area (Å²) in [4.78, 5) is 25.4. The van der Waals surface area contributed by atoms with Crippen molar-refractivity contribution in [3.63, 3.8) is 0 Å². The van der Waals surface area contributed by atoms with Gasteiger partial charge >= 0.3 is 11.9 Å². The molecule has 6 nitrogen and oxygen atoms in total. The molecule has 2 aromatic rings. The third-order valence-corrected chi connectivity index (χ3v) is 2.18. The van der Waals surface area contributed by atoms with Gasteiger partial charge in [0.1, 0.15) is 0 Å². The minimum Gasteiger partial charge on any atom is -0.474 e. The first-order valence-corrected chi connectivity index (χ1v) is 4.53. The highest BCUT2D eigenvalue weighted by molar-refractivity contribution is 6.36. The largest absolute Gasteiger partial charge is 0.474 e. The van der Waals surface area contributed by atoms with Crippen LogP contribution in [0.4, 0.5) is 5.69 Å². The molecule has 0 aliphatic carbocycles. The van der Waals surface area contributed by atoms with Crippen LogP contribution in [-0.2, 0) is 16.6 Å². The van der Waals surface area contributed by atoms with Crippen LogP contribution in [0.1, 0.15) is 0 Å². The van der Waals surface area contributed by atoms with Crippen LogP contribution >= 0.6 is 0 Å². The van der Waals surface area contributed by atoms with Crippen molar-refractivity contribution in [1.29, 1.82) is 0 Å². The lowest BCUT2D eigenvalue weighted by Gasteiger charge is -2.01. The summed E-state index contributed by atoms with van der Waals surface area (Å²) in [6.07, 6.45) is 1.65. The second-order valence-electron chi connectivity index (χ2n) is 3.32. The number of nitrogens with one attached hydrogen (secondary N) is 1. The lowest BCUT2D eigenvalue weighted by Crippen LogP contribution is -2.21. The van der Waals surface area contributed by atoms with Crippen LogP contribution in [0.3, 0.4) is 0 Å². The van der Waals surface area contributed by atoms with Gasteiger partial charge in [0.2, 0.25) is 0 Å². The average molecular weight is 219 g/mol. The monoisotopic (exact) mass is 219 g/mol. The summed E-state index contributed by atoms with van der Waals surface area (Å²) in [7, 11) is 1.85. The first-order valence-electron chi connectivity index (χ1n) is 4.53. The predicted octanol–water partition coefficient (Wildman–Crippen LogP) is 0.596. The fourth-order valence-electron chi connectivity index (χ4n) is 1.40. The zero-order chi connectivity index (χ0) is 11.7. The second kappa shape index (κ2) is 3.65. The van der Waals surface area contributed by atoms with Gasteiger partial charge in [0.05, 0.1) is 17.4 Å². The fraction of sp³-hybridized carbons (Fsp3) is 0.100. The van der Waals surface area contributed by atoms with E-state index in [0.717, 1.165) is 5.52 Å². The summed E-state index contributed by atoms with van der Waals surface area (Å²) in [5.74, 6) is -2.57. The number of amides is 1. The van der Waals surface area contributed by atoms with Crippen molar-refractivity contribution in [3.8, 4) is 0 Å². The van der Waals surface area contributed by atoms with Gasteiger partial charge in [-0.3, -0.25) is 4.79 Å². The Balaban J connectivity index is 2.33. The zero-order valence-corrected chi connectivity index (χ0v) is 8.47. The van der Waals surface area contributed by atoms with Crippen LogP contribution in [0.25, 0.3) is 11.0 Å². The molecule has 0 aliphatic rings. The van der Waals surface area contributed by atoms with Crippen LogP contribution in [0.2, 0.25) is 0 Å². The number of imidazole rings is 1. The van der Waals surface area contributed by atoms with Gasteiger partial charge in [0, 0.05) is 12.7 Å². The molecule has 0 saturated carbocycles. The molecule has 1 aromatic heterocycles. The van der Waals surface area contributed by atoms with Gasteiger partial charge in [-0.05, 0) is 18.2 Å². The normalized spacial score (nSPS) is 10.3. The van der Waals surface area contributed by atoms with E-state index in [0.29, 0.717) is 11.2 Å². The molecule has 16 heavy (non-hydrogen) atoms. The molecule has 0 bridgehead atoms. The second-order valence-corrected chi connectivity index (χ2v) is 3.32. The Kier molecular flexibility index (Phi) is 2.32. The molecule has 0 saturated heterocycles. The van der Waals surface area contributed by atoms with Gasteiger partial charge in [-0.25, -0.2) is 9.78 Å². The van der Waals surface area contributed by atoms with Crippen molar-refractivity contribution >= 4 is 28.6 Å². The first kappa shape index (κ1) is 10.2. The van der Waals surface area contributed by atoms with Crippen LogP contribution in [0, 0.1) is 0 Å². The Hall–Kier alpha value is -2.37. The molecule has 0 unspecified atom stereocenters. The van der Waals surface area contributed by atoms with E-state index < -0.39 is 11.9 Å². The molecule has 0 radical (unpaired) electrons. The van der Waals surface area contributed by atoms with Gasteiger partial charge in [-0.1, -0.05) is 0 Å². The smallest absolute Gasteiger partial charge is 0.394 e. The number of aromatic nitrogens is 2. The molecule has 1 aromatic carbocycles. The summed E-state index contributed by atoms with van der Waals surface area (Å²) in [5.41, 5.74) is 2.03. The summed E-state index contributed by atoms with van der Waals surface area (Å²) < 4.78 is 1.83. The lowest BCUT2D eigenvalue weighted by molar-refractivity contribution is -0.147. The van der Waals surface area contributed by atoms with E-state index in [1.807, 2.05) is 11.6 Å². The highest BCUT2D eigenvalue weighted by atomic mass is 16.4. The molecular weight excluding hydrogens is 210 g/mol. The average Bonchev–Trinajstić information content (AvgIpc) is 2.60. The number of carbonyl (C=O) groups excluding carboxylic acids is 1. The van der Waals surface area contributed by atoms with E-state index in [-0.39, 0.29) is 0 Å². The number of hydrogen-bond donors (Lipinski definition) is 2. The predicted molar refractivity (Wildman–Crippen MR) is 57.0 cm³/mol. The molecule has 82 valence electrons. The van der Waals surface area contributed by atoms with Crippen molar-refractivity contribution in [1.82, 2.24) is 9.55 Å². The van der Waals surface area contributed by atoms with Crippen molar-refractivity contribution in [2.75, 3.05) is 5.32 Å². The zero-order valence-electron chi connectivity index (χ0n) is 8.47. The number of rotatable bonds is 1. The number of nitrogens with zero attached hydrogens (tertiary/aromatic N) is 2. The van der Waals surface area contributed by atoms with Crippen LogP contribution < -0.4 is 5.32 Å². The Morgan fingerprint density at radius 2 is 2.19 bits per heavy atom. The molecule has 0 aliphatic heterocycles. The van der Waals surface area contributed by atoms with Gasteiger partial charge < -0.3 is 15.0 Å². The highest BCUT2D eigenvalue weighted by Crippen LogP contribution is 2.17. The third kappa shape index (κ3) is 1.72. The Labute approximate surface area is 90.5 Å². The van der Waals surface area contributed by atoms with Gasteiger partial charge in [-0.2, -0.15) is 0 Å². The standard InChI is InChI=1S/C10H9N3O3/c1-13-5-11-7-4-6(2-3-8(7)13)12-9(14)10(15)16/h2-5H,1H3,(H,12,14)(H,15,16). The summed E-state index contributed by atoms with van der Waals surface area (Å²) in [5, 5.41) is 10.7. The topological polar surface area (TPSA) is 84.2 Å². The fourth-order valence-corrected chi connectivity index (χ4v) is 1.40. The molecule has 2 rings (SSSR count). The minimum absolute atomic E-state index is 0.415. The number of carbonyl (C=O) groups is 2. The van der Waals surface area contributed by atoms with Gasteiger partial charge in [0.25, 0.3) is 0 Å². The number of aliphatic carboxylic acids is 1. The third-order valence-electron chi connectivity index (χ3n) is 2.18. The summed E-state index contributed by atoms with van der Waals surface area (Å²) in [6.45, 7) is 0. The summed E-state index contributed by atoms with van der Waals surface area (Å²) in [6, 6.07) is 5.01. The number of benzene rings is 1. The van der Waals surface area contributed by atoms with Gasteiger partial charge in [0.15, 0.2) is 0 Å². The SMILES string of the molecule is Cn1cnc2cc(NC(=O)C(=O)O)ccc21. The quantitative estimate of drug-likeness (QED) is 0.688. The van der Waals surface area contributed by atoms with Crippen molar-refractivity contribution in [2.24, 2.45) is 7.05 Å².